The third kappa shape index (κ3) is 5.96. The van der Waals surface area contributed by atoms with Crippen LogP contribution in [0.25, 0.3) is 0 Å². The second-order valence-corrected chi connectivity index (χ2v) is 6.94. The fourth-order valence-electron chi connectivity index (χ4n) is 2.19. The molecule has 6 nitrogen and oxygen atoms in total. The van der Waals surface area contributed by atoms with E-state index in [1.807, 2.05) is 6.07 Å². The standard InChI is InChI=1S/C19H30N2O4/c1-13(2)9-10-20-17(22)19(3,4)18(23)21-12-14-7-8-15(24-5)16(11-14)25-6/h7-8,11,13H,9-10,12H2,1-6H3,(H,20,22)(H,21,23). The van der Waals surface area contributed by atoms with Crippen LogP contribution in [0.1, 0.15) is 39.7 Å². The van der Waals surface area contributed by atoms with Crippen LogP contribution in [-0.2, 0) is 16.1 Å². The smallest absolute Gasteiger partial charge is 0.235 e. The molecule has 1 rings (SSSR count). The minimum Gasteiger partial charge on any atom is -0.493 e. The zero-order chi connectivity index (χ0) is 19.0. The van der Waals surface area contributed by atoms with Gasteiger partial charge in [0.05, 0.1) is 14.2 Å². The maximum atomic E-state index is 12.4. The van der Waals surface area contributed by atoms with Gasteiger partial charge in [0.25, 0.3) is 0 Å². The first kappa shape index (κ1) is 20.8. The van der Waals surface area contributed by atoms with Crippen molar-refractivity contribution in [1.82, 2.24) is 10.6 Å². The molecule has 1 aromatic rings. The molecule has 0 aliphatic carbocycles. The molecule has 25 heavy (non-hydrogen) atoms. The van der Waals surface area contributed by atoms with E-state index in [-0.39, 0.29) is 11.8 Å². The molecule has 0 heterocycles. The quantitative estimate of drug-likeness (QED) is 0.671. The Balaban J connectivity index is 2.63. The van der Waals surface area contributed by atoms with Crippen LogP contribution in [0.2, 0.25) is 0 Å². The van der Waals surface area contributed by atoms with Gasteiger partial charge < -0.3 is 20.1 Å². The molecule has 0 radical (unpaired) electrons. The van der Waals surface area contributed by atoms with Gasteiger partial charge in [-0.2, -0.15) is 0 Å². The fraction of sp³-hybridized carbons (Fsp3) is 0.579. The average Bonchev–Trinajstić information content (AvgIpc) is 2.58. The van der Waals surface area contributed by atoms with Gasteiger partial charge in [0.1, 0.15) is 5.41 Å². The Morgan fingerprint density at radius 1 is 1.04 bits per heavy atom. The highest BCUT2D eigenvalue weighted by molar-refractivity contribution is 6.04. The number of ether oxygens (including phenoxy) is 2. The molecule has 0 aliphatic rings. The van der Waals surface area contributed by atoms with Crippen molar-refractivity contribution in [1.29, 1.82) is 0 Å². The molecule has 0 atom stereocenters. The van der Waals surface area contributed by atoms with Crippen molar-refractivity contribution in [2.45, 2.75) is 40.7 Å². The summed E-state index contributed by atoms with van der Waals surface area (Å²) in [6.45, 7) is 8.31. The maximum absolute atomic E-state index is 12.4. The topological polar surface area (TPSA) is 76.7 Å². The zero-order valence-electron chi connectivity index (χ0n) is 16.1. The summed E-state index contributed by atoms with van der Waals surface area (Å²) in [5.41, 5.74) is -0.268. The summed E-state index contributed by atoms with van der Waals surface area (Å²) in [5.74, 6) is 1.15. The summed E-state index contributed by atoms with van der Waals surface area (Å²) in [6.07, 6.45) is 0.884. The number of hydrogen-bond donors (Lipinski definition) is 2. The average molecular weight is 350 g/mol. The number of carbonyl (C=O) groups excluding carboxylic acids is 2. The molecule has 0 aromatic heterocycles. The molecule has 0 aliphatic heterocycles. The van der Waals surface area contributed by atoms with Crippen LogP contribution in [0.15, 0.2) is 18.2 Å². The van der Waals surface area contributed by atoms with E-state index in [0.717, 1.165) is 12.0 Å². The molecule has 6 heteroatoms. The van der Waals surface area contributed by atoms with Gasteiger partial charge in [0, 0.05) is 13.1 Å². The van der Waals surface area contributed by atoms with E-state index in [4.69, 9.17) is 9.47 Å². The van der Waals surface area contributed by atoms with Gasteiger partial charge in [-0.05, 0) is 43.9 Å². The van der Waals surface area contributed by atoms with Crippen LogP contribution in [0.3, 0.4) is 0 Å². The van der Waals surface area contributed by atoms with Crippen LogP contribution in [0, 0.1) is 11.3 Å². The van der Waals surface area contributed by atoms with Crippen molar-refractivity contribution < 1.29 is 19.1 Å². The summed E-state index contributed by atoms with van der Waals surface area (Å²) in [4.78, 5) is 24.7. The van der Waals surface area contributed by atoms with Gasteiger partial charge in [-0.15, -0.1) is 0 Å². The Hall–Kier alpha value is -2.24. The minimum atomic E-state index is -1.13. The Labute approximate surface area is 150 Å². The van der Waals surface area contributed by atoms with Crippen LogP contribution < -0.4 is 20.1 Å². The first-order valence-electron chi connectivity index (χ1n) is 8.49. The normalized spacial score (nSPS) is 11.2. The van der Waals surface area contributed by atoms with Gasteiger partial charge in [-0.1, -0.05) is 19.9 Å². The van der Waals surface area contributed by atoms with Crippen molar-refractivity contribution in [3.05, 3.63) is 23.8 Å². The highest BCUT2D eigenvalue weighted by Crippen LogP contribution is 2.27. The highest BCUT2D eigenvalue weighted by Gasteiger charge is 2.35. The van der Waals surface area contributed by atoms with Crippen molar-refractivity contribution >= 4 is 11.8 Å². The number of methoxy groups -OCH3 is 2. The molecule has 0 unspecified atom stereocenters. The fourth-order valence-corrected chi connectivity index (χ4v) is 2.19. The number of amides is 2. The molecule has 0 saturated carbocycles. The first-order chi connectivity index (χ1) is 11.7. The Bertz CT molecular complexity index is 597. The Morgan fingerprint density at radius 2 is 1.64 bits per heavy atom. The summed E-state index contributed by atoms with van der Waals surface area (Å²) < 4.78 is 10.4. The van der Waals surface area contributed by atoms with E-state index in [0.29, 0.717) is 30.5 Å². The molecular weight excluding hydrogens is 320 g/mol. The summed E-state index contributed by atoms with van der Waals surface area (Å²) >= 11 is 0. The molecule has 0 fully saturated rings. The lowest BCUT2D eigenvalue weighted by Crippen LogP contribution is -2.47. The van der Waals surface area contributed by atoms with E-state index in [1.54, 1.807) is 40.2 Å². The third-order valence-electron chi connectivity index (χ3n) is 4.04. The van der Waals surface area contributed by atoms with E-state index < -0.39 is 5.41 Å². The van der Waals surface area contributed by atoms with Gasteiger partial charge in [0.2, 0.25) is 11.8 Å². The number of nitrogens with one attached hydrogen (secondary N) is 2. The maximum Gasteiger partial charge on any atom is 0.235 e. The summed E-state index contributed by atoms with van der Waals surface area (Å²) in [6, 6.07) is 5.43. The number of hydrogen-bond acceptors (Lipinski definition) is 4. The van der Waals surface area contributed by atoms with Crippen molar-refractivity contribution in [2.75, 3.05) is 20.8 Å². The molecule has 2 amide bonds. The van der Waals surface area contributed by atoms with Gasteiger partial charge in [-0.3, -0.25) is 9.59 Å². The van der Waals surface area contributed by atoms with E-state index in [9.17, 15) is 9.59 Å². The molecule has 0 spiro atoms. The monoisotopic (exact) mass is 350 g/mol. The largest absolute Gasteiger partial charge is 0.493 e. The molecule has 0 saturated heterocycles. The van der Waals surface area contributed by atoms with Gasteiger partial charge in [-0.25, -0.2) is 0 Å². The zero-order valence-corrected chi connectivity index (χ0v) is 16.1. The lowest BCUT2D eigenvalue weighted by Gasteiger charge is -2.23. The van der Waals surface area contributed by atoms with Crippen molar-refractivity contribution in [3.63, 3.8) is 0 Å². The van der Waals surface area contributed by atoms with Crippen molar-refractivity contribution in [3.8, 4) is 11.5 Å². The summed E-state index contributed by atoms with van der Waals surface area (Å²) in [5, 5.41) is 5.64. The lowest BCUT2D eigenvalue weighted by atomic mass is 9.90. The number of benzene rings is 1. The van der Waals surface area contributed by atoms with Gasteiger partial charge >= 0.3 is 0 Å². The van der Waals surface area contributed by atoms with Crippen molar-refractivity contribution in [2.24, 2.45) is 11.3 Å². The number of carbonyl (C=O) groups is 2. The lowest BCUT2D eigenvalue weighted by molar-refractivity contribution is -0.141. The predicted molar refractivity (Wildman–Crippen MR) is 97.6 cm³/mol. The van der Waals surface area contributed by atoms with Crippen LogP contribution in [0.4, 0.5) is 0 Å². The first-order valence-corrected chi connectivity index (χ1v) is 8.49. The molecule has 140 valence electrons. The van der Waals surface area contributed by atoms with E-state index in [1.165, 1.54) is 0 Å². The molecule has 0 bridgehead atoms. The van der Waals surface area contributed by atoms with E-state index >= 15 is 0 Å². The van der Waals surface area contributed by atoms with Crippen LogP contribution in [0.5, 0.6) is 11.5 Å². The third-order valence-corrected chi connectivity index (χ3v) is 4.04. The molecule has 1 aromatic carbocycles. The molecule has 2 N–H and O–H groups in total. The molecular formula is C19H30N2O4. The van der Waals surface area contributed by atoms with E-state index in [2.05, 4.69) is 24.5 Å². The van der Waals surface area contributed by atoms with Crippen LogP contribution in [-0.4, -0.2) is 32.6 Å². The van der Waals surface area contributed by atoms with Crippen LogP contribution >= 0.6 is 0 Å². The Kier molecular flexibility index (Phi) is 7.74. The number of rotatable bonds is 9. The second-order valence-electron chi connectivity index (χ2n) is 6.94. The van der Waals surface area contributed by atoms with Gasteiger partial charge in [0.15, 0.2) is 11.5 Å². The summed E-state index contributed by atoms with van der Waals surface area (Å²) in [7, 11) is 3.13. The second kappa shape index (κ2) is 9.30. The SMILES string of the molecule is COc1ccc(CNC(=O)C(C)(C)C(=O)NCCC(C)C)cc1OC. The Morgan fingerprint density at radius 3 is 2.20 bits per heavy atom. The minimum absolute atomic E-state index is 0.266. The predicted octanol–water partition coefficient (Wildman–Crippen LogP) is 2.51. The highest BCUT2D eigenvalue weighted by atomic mass is 16.5.